The number of hydrogen-bond donors (Lipinski definition) is 1. The van der Waals surface area contributed by atoms with Gasteiger partial charge in [-0.15, -0.1) is 0 Å². The Morgan fingerprint density at radius 1 is 1.03 bits per heavy atom. The minimum Gasteiger partial charge on any atom is -0.497 e. The summed E-state index contributed by atoms with van der Waals surface area (Å²) in [6, 6.07) is 20.4. The molecule has 190 valence electrons. The van der Waals surface area contributed by atoms with Crippen LogP contribution in [0.15, 0.2) is 72.8 Å². The topological polar surface area (TPSA) is 58.6 Å². The van der Waals surface area contributed by atoms with Crippen LogP contribution in [0.5, 0.6) is 5.75 Å². The molecule has 0 radical (unpaired) electrons. The second-order valence-electron chi connectivity index (χ2n) is 8.60. The first-order valence-electron chi connectivity index (χ1n) is 12.1. The van der Waals surface area contributed by atoms with Crippen molar-refractivity contribution in [3.63, 3.8) is 0 Å². The molecule has 7 heteroatoms. The number of nitrogens with one attached hydrogen (secondary N) is 1. The van der Waals surface area contributed by atoms with Crippen LogP contribution in [0.25, 0.3) is 0 Å². The van der Waals surface area contributed by atoms with E-state index in [-0.39, 0.29) is 29.5 Å². The molecule has 1 atom stereocenters. The summed E-state index contributed by atoms with van der Waals surface area (Å²) in [6.45, 7) is 2.71. The zero-order valence-electron chi connectivity index (χ0n) is 20.7. The molecule has 3 rings (SSSR count). The number of methoxy groups -OCH3 is 1. The number of benzene rings is 3. The van der Waals surface area contributed by atoms with Crippen LogP contribution < -0.4 is 10.1 Å². The van der Waals surface area contributed by atoms with Crippen LogP contribution in [-0.4, -0.2) is 36.4 Å². The fourth-order valence-electron chi connectivity index (χ4n) is 3.98. The highest BCUT2D eigenvalue weighted by Crippen LogP contribution is 2.23. The van der Waals surface area contributed by atoms with Gasteiger partial charge in [0.1, 0.15) is 17.6 Å². The number of rotatable bonds is 12. The fraction of sp³-hybridized carbons (Fsp3) is 0.310. The SMILES string of the molecule is CCCCNC(=O)C(Cc1ccccc1)N(Cc1cccc(OC)c1)C(=O)Cc1c(F)cccc1Cl. The summed E-state index contributed by atoms with van der Waals surface area (Å²) < 4.78 is 19.9. The molecule has 36 heavy (non-hydrogen) atoms. The zero-order chi connectivity index (χ0) is 25.9. The van der Waals surface area contributed by atoms with Gasteiger partial charge in [0, 0.05) is 30.1 Å². The van der Waals surface area contributed by atoms with Gasteiger partial charge >= 0.3 is 0 Å². The number of nitrogens with zero attached hydrogens (tertiary/aromatic N) is 1. The molecule has 0 aromatic heterocycles. The molecule has 0 saturated carbocycles. The van der Waals surface area contributed by atoms with Crippen molar-refractivity contribution in [2.24, 2.45) is 0 Å². The molecule has 3 aromatic carbocycles. The normalized spacial score (nSPS) is 11.6. The Hall–Kier alpha value is -3.38. The predicted molar refractivity (Wildman–Crippen MR) is 141 cm³/mol. The Labute approximate surface area is 217 Å². The summed E-state index contributed by atoms with van der Waals surface area (Å²) in [5.74, 6) is -0.548. The van der Waals surface area contributed by atoms with Crippen molar-refractivity contribution in [1.29, 1.82) is 0 Å². The van der Waals surface area contributed by atoms with E-state index in [0.29, 0.717) is 18.7 Å². The summed E-state index contributed by atoms with van der Waals surface area (Å²) in [7, 11) is 1.57. The predicted octanol–water partition coefficient (Wildman–Crippen LogP) is 5.59. The van der Waals surface area contributed by atoms with Gasteiger partial charge in [-0.2, -0.15) is 0 Å². The highest BCUT2D eigenvalue weighted by Gasteiger charge is 2.31. The van der Waals surface area contributed by atoms with Crippen LogP contribution in [0.1, 0.15) is 36.5 Å². The molecule has 1 N–H and O–H groups in total. The molecule has 5 nitrogen and oxygen atoms in total. The Bertz CT molecular complexity index is 1140. The monoisotopic (exact) mass is 510 g/mol. The first-order chi connectivity index (χ1) is 17.4. The number of halogens is 2. The number of amides is 2. The Balaban J connectivity index is 1.99. The maximum atomic E-state index is 14.6. The van der Waals surface area contributed by atoms with Crippen molar-refractivity contribution in [3.05, 3.63) is 100 Å². The van der Waals surface area contributed by atoms with Gasteiger partial charge in [0.25, 0.3) is 0 Å². The lowest BCUT2D eigenvalue weighted by atomic mass is 10.0. The maximum Gasteiger partial charge on any atom is 0.243 e. The third kappa shape index (κ3) is 7.56. The summed E-state index contributed by atoms with van der Waals surface area (Å²) in [5, 5.41) is 3.15. The second-order valence-corrected chi connectivity index (χ2v) is 9.01. The molecule has 0 aliphatic rings. The van der Waals surface area contributed by atoms with Crippen molar-refractivity contribution in [2.75, 3.05) is 13.7 Å². The van der Waals surface area contributed by atoms with E-state index in [1.54, 1.807) is 13.2 Å². The van der Waals surface area contributed by atoms with Crippen molar-refractivity contribution >= 4 is 23.4 Å². The smallest absolute Gasteiger partial charge is 0.243 e. The van der Waals surface area contributed by atoms with E-state index < -0.39 is 17.8 Å². The van der Waals surface area contributed by atoms with E-state index in [0.717, 1.165) is 24.0 Å². The molecule has 0 bridgehead atoms. The van der Waals surface area contributed by atoms with Crippen molar-refractivity contribution in [2.45, 2.75) is 45.2 Å². The molecule has 0 aliphatic carbocycles. The molecule has 0 saturated heterocycles. The fourth-order valence-corrected chi connectivity index (χ4v) is 4.21. The van der Waals surface area contributed by atoms with E-state index in [1.807, 2.05) is 61.5 Å². The van der Waals surface area contributed by atoms with Crippen LogP contribution in [0, 0.1) is 5.82 Å². The maximum absolute atomic E-state index is 14.6. The molecule has 0 heterocycles. The average molecular weight is 511 g/mol. The molecule has 3 aromatic rings. The molecule has 0 aliphatic heterocycles. The van der Waals surface area contributed by atoms with Crippen molar-refractivity contribution in [1.82, 2.24) is 10.2 Å². The summed E-state index contributed by atoms with van der Waals surface area (Å²) in [6.07, 6.45) is 1.82. The molecular formula is C29H32ClFN2O3. The van der Waals surface area contributed by atoms with E-state index in [9.17, 15) is 14.0 Å². The van der Waals surface area contributed by atoms with Crippen LogP contribution in [0.3, 0.4) is 0 Å². The second kappa shape index (κ2) is 13.6. The molecule has 0 spiro atoms. The molecule has 2 amide bonds. The quantitative estimate of drug-likeness (QED) is 0.323. The lowest BCUT2D eigenvalue weighted by molar-refractivity contribution is -0.140. The van der Waals surface area contributed by atoms with Gasteiger partial charge in [0.05, 0.1) is 13.5 Å². The Kier molecular flexibility index (Phi) is 10.3. The van der Waals surface area contributed by atoms with E-state index in [1.165, 1.54) is 17.0 Å². The van der Waals surface area contributed by atoms with Crippen LogP contribution >= 0.6 is 11.6 Å². The molecule has 0 fully saturated rings. The minimum atomic E-state index is -0.798. The van der Waals surface area contributed by atoms with E-state index in [2.05, 4.69) is 5.32 Å². The number of unbranched alkanes of at least 4 members (excludes halogenated alkanes) is 1. The first-order valence-corrected chi connectivity index (χ1v) is 12.5. The highest BCUT2D eigenvalue weighted by atomic mass is 35.5. The van der Waals surface area contributed by atoms with E-state index in [4.69, 9.17) is 16.3 Å². The van der Waals surface area contributed by atoms with Gasteiger partial charge in [-0.05, 0) is 41.8 Å². The summed E-state index contributed by atoms with van der Waals surface area (Å²) >= 11 is 6.23. The number of hydrogen-bond acceptors (Lipinski definition) is 3. The van der Waals surface area contributed by atoms with Crippen LogP contribution in [0.2, 0.25) is 5.02 Å². The largest absolute Gasteiger partial charge is 0.497 e. The molecular weight excluding hydrogens is 479 g/mol. The third-order valence-corrected chi connectivity index (χ3v) is 6.33. The lowest BCUT2D eigenvalue weighted by Gasteiger charge is -2.32. The van der Waals surface area contributed by atoms with Gasteiger partial charge in [-0.25, -0.2) is 4.39 Å². The van der Waals surface area contributed by atoms with Gasteiger partial charge in [-0.3, -0.25) is 9.59 Å². The van der Waals surface area contributed by atoms with Crippen LogP contribution in [0.4, 0.5) is 4.39 Å². The van der Waals surface area contributed by atoms with Crippen molar-refractivity contribution in [3.8, 4) is 5.75 Å². The number of ether oxygens (including phenoxy) is 1. The Morgan fingerprint density at radius 3 is 2.44 bits per heavy atom. The van der Waals surface area contributed by atoms with Gasteiger partial charge in [-0.1, -0.05) is 73.5 Å². The summed E-state index contributed by atoms with van der Waals surface area (Å²) in [4.78, 5) is 28.7. The minimum absolute atomic E-state index is 0.115. The highest BCUT2D eigenvalue weighted by molar-refractivity contribution is 6.31. The number of carbonyl (C=O) groups is 2. The first kappa shape index (κ1) is 27.2. The molecule has 1 unspecified atom stereocenters. The van der Waals surface area contributed by atoms with Crippen molar-refractivity contribution < 1.29 is 18.7 Å². The van der Waals surface area contributed by atoms with Gasteiger partial charge in [0.15, 0.2) is 0 Å². The lowest BCUT2D eigenvalue weighted by Crippen LogP contribution is -2.51. The Morgan fingerprint density at radius 2 is 1.75 bits per heavy atom. The van der Waals surface area contributed by atoms with E-state index >= 15 is 0 Å². The van der Waals surface area contributed by atoms with Crippen LogP contribution in [-0.2, 0) is 29.0 Å². The summed E-state index contributed by atoms with van der Waals surface area (Å²) in [5.41, 5.74) is 1.83. The number of carbonyl (C=O) groups excluding carboxylic acids is 2. The zero-order valence-corrected chi connectivity index (χ0v) is 21.4. The third-order valence-electron chi connectivity index (χ3n) is 5.98. The standard InChI is InChI=1S/C29H32ClFN2O3/c1-3-4-16-32-29(35)27(18-21-10-6-5-7-11-21)33(20-22-12-8-13-23(17-22)36-2)28(34)19-24-25(30)14-9-15-26(24)31/h5-15,17,27H,3-4,16,18-20H2,1-2H3,(H,32,35). The van der Waals surface area contributed by atoms with Gasteiger partial charge in [0.2, 0.25) is 11.8 Å². The average Bonchev–Trinajstić information content (AvgIpc) is 2.89. The van der Waals surface area contributed by atoms with Gasteiger partial charge < -0.3 is 15.0 Å².